The van der Waals surface area contributed by atoms with Crippen LogP contribution in [0.15, 0.2) is 28.7 Å². The molecule has 124 valence electrons. The number of phenolic OH excluding ortho intramolecular Hbond substituents is 1. The van der Waals surface area contributed by atoms with Gasteiger partial charge in [0.1, 0.15) is 5.75 Å². The Morgan fingerprint density at radius 2 is 1.58 bits per heavy atom. The average molecular weight is 323 g/mol. The van der Waals surface area contributed by atoms with Gasteiger partial charge < -0.3 is 9.52 Å². The maximum absolute atomic E-state index is 10.1. The second kappa shape index (κ2) is 6.43. The number of rotatable bonds is 4. The van der Waals surface area contributed by atoms with Crippen molar-refractivity contribution in [2.24, 2.45) is 0 Å². The van der Waals surface area contributed by atoms with Crippen LogP contribution in [0.4, 0.5) is 0 Å². The van der Waals surface area contributed by atoms with E-state index in [4.69, 9.17) is 4.42 Å². The number of aromatic nitrogens is 3. The van der Waals surface area contributed by atoms with Crippen molar-refractivity contribution >= 4 is 0 Å². The first-order valence-electron chi connectivity index (χ1n) is 8.16. The van der Waals surface area contributed by atoms with E-state index in [0.29, 0.717) is 17.5 Å². The van der Waals surface area contributed by atoms with Gasteiger partial charge in [0.2, 0.25) is 11.8 Å². The number of aromatic hydroxyl groups is 1. The van der Waals surface area contributed by atoms with Gasteiger partial charge in [-0.3, -0.25) is 4.98 Å². The maximum Gasteiger partial charge on any atom is 0.248 e. The fourth-order valence-corrected chi connectivity index (χ4v) is 2.74. The van der Waals surface area contributed by atoms with Gasteiger partial charge >= 0.3 is 0 Å². The molecular formula is C19H21N3O2. The molecule has 0 spiro atoms. The molecule has 0 aliphatic carbocycles. The van der Waals surface area contributed by atoms with E-state index in [9.17, 15) is 5.11 Å². The predicted molar refractivity (Wildman–Crippen MR) is 92.9 cm³/mol. The topological polar surface area (TPSA) is 72.0 Å². The van der Waals surface area contributed by atoms with Crippen LogP contribution in [-0.4, -0.2) is 20.3 Å². The highest BCUT2D eigenvalue weighted by Crippen LogP contribution is 2.31. The minimum Gasteiger partial charge on any atom is -0.507 e. The van der Waals surface area contributed by atoms with E-state index in [0.717, 1.165) is 46.5 Å². The summed E-state index contributed by atoms with van der Waals surface area (Å²) in [5, 5.41) is 18.4. The Labute approximate surface area is 141 Å². The summed E-state index contributed by atoms with van der Waals surface area (Å²) >= 11 is 0. The summed E-state index contributed by atoms with van der Waals surface area (Å²) in [4.78, 5) is 4.47. The molecule has 1 N–H and O–H groups in total. The average Bonchev–Trinajstić information content (AvgIpc) is 3.06. The summed E-state index contributed by atoms with van der Waals surface area (Å²) in [7, 11) is 0. The Hall–Kier alpha value is -2.69. The summed E-state index contributed by atoms with van der Waals surface area (Å²) in [5.74, 6) is 1.27. The minimum atomic E-state index is 0.332. The van der Waals surface area contributed by atoms with Gasteiger partial charge in [-0.2, -0.15) is 0 Å². The first-order chi connectivity index (χ1) is 11.5. The molecule has 0 fully saturated rings. The zero-order valence-electron chi connectivity index (χ0n) is 14.4. The zero-order chi connectivity index (χ0) is 17.3. The third-order valence-corrected chi connectivity index (χ3v) is 4.05. The molecule has 0 aliphatic rings. The summed E-state index contributed by atoms with van der Waals surface area (Å²) in [6, 6.07) is 7.68. The van der Waals surface area contributed by atoms with E-state index in [2.05, 4.69) is 22.1 Å². The Morgan fingerprint density at radius 3 is 2.21 bits per heavy atom. The highest BCUT2D eigenvalue weighted by molar-refractivity contribution is 5.62. The minimum absolute atomic E-state index is 0.332. The third kappa shape index (κ3) is 3.02. The number of benzene rings is 1. The van der Waals surface area contributed by atoms with Gasteiger partial charge in [0.05, 0.1) is 0 Å². The first-order valence-corrected chi connectivity index (χ1v) is 8.16. The van der Waals surface area contributed by atoms with E-state index in [1.807, 2.05) is 45.0 Å². The molecule has 0 bridgehead atoms. The third-order valence-electron chi connectivity index (χ3n) is 4.05. The van der Waals surface area contributed by atoms with Crippen LogP contribution < -0.4 is 0 Å². The number of phenols is 1. The van der Waals surface area contributed by atoms with Crippen molar-refractivity contribution in [3.63, 3.8) is 0 Å². The summed E-state index contributed by atoms with van der Waals surface area (Å²) in [6.07, 6.45) is 1.59. The molecule has 0 saturated carbocycles. The van der Waals surface area contributed by atoms with Crippen molar-refractivity contribution < 1.29 is 9.52 Å². The quantitative estimate of drug-likeness (QED) is 0.777. The number of hydrogen-bond acceptors (Lipinski definition) is 5. The van der Waals surface area contributed by atoms with E-state index in [1.165, 1.54) is 0 Å². The number of aryl methyl sites for hydroxylation is 4. The molecule has 24 heavy (non-hydrogen) atoms. The van der Waals surface area contributed by atoms with E-state index < -0.39 is 0 Å². The Kier molecular flexibility index (Phi) is 4.34. The highest BCUT2D eigenvalue weighted by Gasteiger charge is 2.14. The molecular weight excluding hydrogens is 302 g/mol. The molecule has 0 saturated heterocycles. The molecule has 0 amide bonds. The molecule has 0 atom stereocenters. The monoisotopic (exact) mass is 323 g/mol. The van der Waals surface area contributed by atoms with Crippen LogP contribution in [0.5, 0.6) is 5.75 Å². The Balaban J connectivity index is 2.03. The van der Waals surface area contributed by atoms with E-state index >= 15 is 0 Å². The molecule has 2 heterocycles. The van der Waals surface area contributed by atoms with Crippen LogP contribution >= 0.6 is 0 Å². The predicted octanol–water partition coefficient (Wildman–Crippen LogP) is 4.25. The standard InChI is InChI=1S/C19H21N3O2/c1-5-13-9-14(7-11(3)17(13)23)18-21-22-19(24-18)15-8-12(4)20-16(6-2)10-15/h7-10,23H,5-6H2,1-4H3. The van der Waals surface area contributed by atoms with Gasteiger partial charge in [0.25, 0.3) is 0 Å². The number of nitrogens with zero attached hydrogens (tertiary/aromatic N) is 3. The Bertz CT molecular complexity index is 884. The van der Waals surface area contributed by atoms with Gasteiger partial charge in [0.15, 0.2) is 0 Å². The zero-order valence-corrected chi connectivity index (χ0v) is 14.4. The number of pyridine rings is 1. The molecule has 5 heteroatoms. The molecule has 2 aromatic heterocycles. The SMILES string of the molecule is CCc1cc(-c2nnc(-c3cc(C)c(O)c(CC)c3)o2)cc(C)n1. The molecule has 0 unspecified atom stereocenters. The van der Waals surface area contributed by atoms with Crippen LogP contribution in [-0.2, 0) is 12.8 Å². The fourth-order valence-electron chi connectivity index (χ4n) is 2.74. The first kappa shape index (κ1) is 16.2. The van der Waals surface area contributed by atoms with Gasteiger partial charge in [-0.15, -0.1) is 10.2 Å². The van der Waals surface area contributed by atoms with Crippen LogP contribution in [0.2, 0.25) is 0 Å². The molecule has 5 nitrogen and oxygen atoms in total. The maximum atomic E-state index is 10.1. The van der Waals surface area contributed by atoms with Crippen molar-refractivity contribution in [3.8, 4) is 28.7 Å². The summed E-state index contributed by atoms with van der Waals surface area (Å²) < 4.78 is 5.87. The van der Waals surface area contributed by atoms with E-state index in [1.54, 1.807) is 0 Å². The summed E-state index contributed by atoms with van der Waals surface area (Å²) in [5.41, 5.74) is 5.30. The van der Waals surface area contributed by atoms with Crippen molar-refractivity contribution in [1.29, 1.82) is 0 Å². The second-order valence-corrected chi connectivity index (χ2v) is 5.91. The lowest BCUT2D eigenvalue weighted by Crippen LogP contribution is -1.91. The van der Waals surface area contributed by atoms with Crippen molar-refractivity contribution in [3.05, 3.63) is 46.8 Å². The highest BCUT2D eigenvalue weighted by atomic mass is 16.4. The van der Waals surface area contributed by atoms with Gasteiger partial charge in [0, 0.05) is 22.5 Å². The summed E-state index contributed by atoms with van der Waals surface area (Å²) in [6.45, 7) is 7.89. The van der Waals surface area contributed by atoms with Gasteiger partial charge in [-0.25, -0.2) is 0 Å². The molecule has 1 aromatic carbocycles. The van der Waals surface area contributed by atoms with E-state index in [-0.39, 0.29) is 0 Å². The molecule has 0 aliphatic heterocycles. The van der Waals surface area contributed by atoms with Crippen molar-refractivity contribution in [1.82, 2.24) is 15.2 Å². The molecule has 3 aromatic rings. The van der Waals surface area contributed by atoms with Crippen LogP contribution in [0.1, 0.15) is 36.4 Å². The van der Waals surface area contributed by atoms with Gasteiger partial charge in [-0.1, -0.05) is 13.8 Å². The Morgan fingerprint density at radius 1 is 0.917 bits per heavy atom. The van der Waals surface area contributed by atoms with Crippen molar-refractivity contribution in [2.75, 3.05) is 0 Å². The molecule has 0 radical (unpaired) electrons. The largest absolute Gasteiger partial charge is 0.507 e. The number of hydrogen-bond donors (Lipinski definition) is 1. The fraction of sp³-hybridized carbons (Fsp3) is 0.316. The second-order valence-electron chi connectivity index (χ2n) is 5.91. The smallest absolute Gasteiger partial charge is 0.248 e. The van der Waals surface area contributed by atoms with Gasteiger partial charge in [-0.05, 0) is 62.1 Å². The van der Waals surface area contributed by atoms with Crippen molar-refractivity contribution in [2.45, 2.75) is 40.5 Å². The van der Waals surface area contributed by atoms with Crippen LogP contribution in [0.25, 0.3) is 22.9 Å². The lowest BCUT2D eigenvalue weighted by Gasteiger charge is -2.07. The van der Waals surface area contributed by atoms with Crippen LogP contribution in [0, 0.1) is 13.8 Å². The molecule has 3 rings (SSSR count). The normalized spacial score (nSPS) is 11.0. The van der Waals surface area contributed by atoms with Crippen LogP contribution in [0.3, 0.4) is 0 Å². The lowest BCUT2D eigenvalue weighted by molar-refractivity contribution is 0.464. The lowest BCUT2D eigenvalue weighted by atomic mass is 10.0.